The first-order valence-corrected chi connectivity index (χ1v) is 4.89. The molecule has 0 aliphatic rings. The molecule has 0 saturated heterocycles. The van der Waals surface area contributed by atoms with Crippen LogP contribution in [0.25, 0.3) is 0 Å². The standard InChI is InChI=1S/C12H17NO/c1-8(2)10-6-4-5-9(3)11(10)7-12(13)14/h4-6,8H,7H2,1-3H3,(H2,13,14). The Hall–Kier alpha value is -1.31. The van der Waals surface area contributed by atoms with Crippen LogP contribution < -0.4 is 5.73 Å². The molecule has 0 aliphatic carbocycles. The van der Waals surface area contributed by atoms with E-state index in [2.05, 4.69) is 19.9 Å². The number of primary amides is 1. The Kier molecular flexibility index (Phi) is 3.28. The molecule has 0 spiro atoms. The summed E-state index contributed by atoms with van der Waals surface area (Å²) in [5.74, 6) is 0.172. The second-order valence-electron chi connectivity index (χ2n) is 3.94. The van der Waals surface area contributed by atoms with Crippen molar-refractivity contribution in [3.8, 4) is 0 Å². The average Bonchev–Trinajstić information content (AvgIpc) is 2.07. The molecule has 0 aliphatic heterocycles. The van der Waals surface area contributed by atoms with Crippen molar-refractivity contribution in [2.75, 3.05) is 0 Å². The maximum Gasteiger partial charge on any atom is 0.221 e. The molecule has 1 aromatic rings. The van der Waals surface area contributed by atoms with E-state index in [0.29, 0.717) is 12.3 Å². The van der Waals surface area contributed by atoms with E-state index in [-0.39, 0.29) is 5.91 Å². The van der Waals surface area contributed by atoms with Crippen LogP contribution in [0.15, 0.2) is 18.2 Å². The SMILES string of the molecule is Cc1cccc(C(C)C)c1CC(N)=O. The van der Waals surface area contributed by atoms with E-state index in [1.165, 1.54) is 5.56 Å². The zero-order valence-corrected chi connectivity index (χ0v) is 9.00. The Balaban J connectivity index is 3.15. The van der Waals surface area contributed by atoms with Crippen molar-refractivity contribution in [2.24, 2.45) is 5.73 Å². The normalized spacial score (nSPS) is 10.6. The van der Waals surface area contributed by atoms with Crippen LogP contribution in [0.3, 0.4) is 0 Å². The summed E-state index contributed by atoms with van der Waals surface area (Å²) >= 11 is 0. The van der Waals surface area contributed by atoms with Crippen molar-refractivity contribution in [1.29, 1.82) is 0 Å². The lowest BCUT2D eigenvalue weighted by atomic mass is 9.92. The van der Waals surface area contributed by atoms with E-state index in [9.17, 15) is 4.79 Å². The number of aryl methyl sites for hydroxylation is 1. The number of carbonyl (C=O) groups excluding carboxylic acids is 1. The largest absolute Gasteiger partial charge is 0.369 e. The van der Waals surface area contributed by atoms with Crippen LogP contribution in [-0.4, -0.2) is 5.91 Å². The second-order valence-corrected chi connectivity index (χ2v) is 3.94. The average molecular weight is 191 g/mol. The second kappa shape index (κ2) is 4.27. The third-order valence-corrected chi connectivity index (χ3v) is 2.42. The number of hydrogen-bond acceptors (Lipinski definition) is 1. The minimum Gasteiger partial charge on any atom is -0.369 e. The lowest BCUT2D eigenvalue weighted by Gasteiger charge is -2.13. The first-order valence-electron chi connectivity index (χ1n) is 4.89. The maximum atomic E-state index is 10.9. The summed E-state index contributed by atoms with van der Waals surface area (Å²) in [7, 11) is 0. The summed E-state index contributed by atoms with van der Waals surface area (Å²) in [6.45, 7) is 6.27. The molecular formula is C12H17NO. The van der Waals surface area contributed by atoms with Crippen LogP contribution in [0, 0.1) is 6.92 Å². The van der Waals surface area contributed by atoms with Gasteiger partial charge in [-0.1, -0.05) is 32.0 Å². The number of amides is 1. The van der Waals surface area contributed by atoms with Gasteiger partial charge in [0.1, 0.15) is 0 Å². The van der Waals surface area contributed by atoms with Gasteiger partial charge in [-0.3, -0.25) is 4.79 Å². The molecule has 0 heterocycles. The molecule has 2 nitrogen and oxygen atoms in total. The molecule has 1 amide bonds. The van der Waals surface area contributed by atoms with Crippen molar-refractivity contribution >= 4 is 5.91 Å². The fourth-order valence-corrected chi connectivity index (χ4v) is 1.68. The summed E-state index contributed by atoms with van der Waals surface area (Å²) in [6, 6.07) is 6.11. The first kappa shape index (κ1) is 10.8. The van der Waals surface area contributed by atoms with Crippen LogP contribution in [0.2, 0.25) is 0 Å². The van der Waals surface area contributed by atoms with E-state index in [4.69, 9.17) is 5.73 Å². The van der Waals surface area contributed by atoms with Crippen LogP contribution in [-0.2, 0) is 11.2 Å². The molecule has 14 heavy (non-hydrogen) atoms. The van der Waals surface area contributed by atoms with Gasteiger partial charge in [0.25, 0.3) is 0 Å². The van der Waals surface area contributed by atoms with Gasteiger partial charge in [0.15, 0.2) is 0 Å². The fourth-order valence-electron chi connectivity index (χ4n) is 1.68. The monoisotopic (exact) mass is 191 g/mol. The summed E-state index contributed by atoms with van der Waals surface area (Å²) in [4.78, 5) is 10.9. The first-order chi connectivity index (χ1) is 6.52. The van der Waals surface area contributed by atoms with E-state index in [0.717, 1.165) is 11.1 Å². The fraction of sp³-hybridized carbons (Fsp3) is 0.417. The van der Waals surface area contributed by atoms with Gasteiger partial charge in [-0.2, -0.15) is 0 Å². The van der Waals surface area contributed by atoms with Gasteiger partial charge in [0.2, 0.25) is 5.91 Å². The summed E-state index contributed by atoms with van der Waals surface area (Å²) in [5, 5.41) is 0. The zero-order chi connectivity index (χ0) is 10.7. The molecule has 2 heteroatoms. The van der Waals surface area contributed by atoms with Gasteiger partial charge in [0.05, 0.1) is 6.42 Å². The third kappa shape index (κ3) is 2.34. The molecule has 0 bridgehead atoms. The molecule has 0 radical (unpaired) electrons. The molecule has 1 rings (SSSR count). The highest BCUT2D eigenvalue weighted by Gasteiger charge is 2.10. The van der Waals surface area contributed by atoms with Gasteiger partial charge in [-0.05, 0) is 29.5 Å². The number of hydrogen-bond donors (Lipinski definition) is 1. The smallest absolute Gasteiger partial charge is 0.221 e. The van der Waals surface area contributed by atoms with Crippen molar-refractivity contribution in [3.05, 3.63) is 34.9 Å². The number of benzene rings is 1. The molecule has 0 saturated carbocycles. The molecule has 76 valence electrons. The van der Waals surface area contributed by atoms with E-state index in [1.54, 1.807) is 0 Å². The highest BCUT2D eigenvalue weighted by Crippen LogP contribution is 2.22. The molecule has 0 unspecified atom stereocenters. The van der Waals surface area contributed by atoms with E-state index < -0.39 is 0 Å². The number of carbonyl (C=O) groups is 1. The predicted octanol–water partition coefficient (Wildman–Crippen LogP) is 2.15. The molecule has 1 aromatic carbocycles. The van der Waals surface area contributed by atoms with Gasteiger partial charge in [-0.15, -0.1) is 0 Å². The number of rotatable bonds is 3. The zero-order valence-electron chi connectivity index (χ0n) is 9.00. The molecule has 2 N–H and O–H groups in total. The highest BCUT2D eigenvalue weighted by atomic mass is 16.1. The topological polar surface area (TPSA) is 43.1 Å². The number of nitrogens with two attached hydrogens (primary N) is 1. The van der Waals surface area contributed by atoms with Gasteiger partial charge >= 0.3 is 0 Å². The highest BCUT2D eigenvalue weighted by molar-refractivity contribution is 5.77. The minimum atomic E-state index is -0.263. The Morgan fingerprint density at radius 3 is 2.57 bits per heavy atom. The molecule has 0 fully saturated rings. The maximum absolute atomic E-state index is 10.9. The quantitative estimate of drug-likeness (QED) is 0.781. The van der Waals surface area contributed by atoms with Gasteiger partial charge in [-0.25, -0.2) is 0 Å². The van der Waals surface area contributed by atoms with Crippen LogP contribution in [0.1, 0.15) is 36.5 Å². The lowest BCUT2D eigenvalue weighted by molar-refractivity contribution is -0.117. The Bertz CT molecular complexity index is 342. The lowest BCUT2D eigenvalue weighted by Crippen LogP contribution is -2.16. The Labute approximate surface area is 85.1 Å². The minimum absolute atomic E-state index is 0.263. The molecule has 0 aromatic heterocycles. The van der Waals surface area contributed by atoms with Crippen molar-refractivity contribution in [3.63, 3.8) is 0 Å². The summed E-state index contributed by atoms with van der Waals surface area (Å²) in [6.07, 6.45) is 0.347. The van der Waals surface area contributed by atoms with Crippen molar-refractivity contribution in [1.82, 2.24) is 0 Å². The summed E-state index contributed by atoms with van der Waals surface area (Å²) < 4.78 is 0. The van der Waals surface area contributed by atoms with Crippen LogP contribution in [0.4, 0.5) is 0 Å². The Morgan fingerprint density at radius 1 is 1.43 bits per heavy atom. The van der Waals surface area contributed by atoms with Gasteiger partial charge in [0, 0.05) is 0 Å². The van der Waals surface area contributed by atoms with Crippen molar-refractivity contribution < 1.29 is 4.79 Å². The van der Waals surface area contributed by atoms with Gasteiger partial charge < -0.3 is 5.73 Å². The Morgan fingerprint density at radius 2 is 2.07 bits per heavy atom. The van der Waals surface area contributed by atoms with E-state index in [1.807, 2.05) is 19.1 Å². The predicted molar refractivity (Wildman–Crippen MR) is 58.2 cm³/mol. The third-order valence-electron chi connectivity index (χ3n) is 2.42. The summed E-state index contributed by atoms with van der Waals surface area (Å²) in [5.41, 5.74) is 8.69. The van der Waals surface area contributed by atoms with Crippen LogP contribution >= 0.6 is 0 Å². The molecule has 0 atom stereocenters. The van der Waals surface area contributed by atoms with Crippen molar-refractivity contribution in [2.45, 2.75) is 33.1 Å². The molecular weight excluding hydrogens is 174 g/mol. The van der Waals surface area contributed by atoms with Crippen LogP contribution in [0.5, 0.6) is 0 Å². The van der Waals surface area contributed by atoms with E-state index >= 15 is 0 Å².